The van der Waals surface area contributed by atoms with Crippen LogP contribution in [0.15, 0.2) is 166 Å². The summed E-state index contributed by atoms with van der Waals surface area (Å²) in [5.74, 6) is 1.09. The summed E-state index contributed by atoms with van der Waals surface area (Å²) in [6.07, 6.45) is 1.24. The summed E-state index contributed by atoms with van der Waals surface area (Å²) in [4.78, 5) is 26.9. The number of hydrogen-bond donors (Lipinski definition) is 2. The van der Waals surface area contributed by atoms with Crippen LogP contribution in [0.2, 0.25) is 0 Å². The minimum atomic E-state index is -0.858. The minimum Gasteiger partial charge on any atom is -0.496 e. The maximum Gasteiger partial charge on any atom is 0.151 e. The highest BCUT2D eigenvalue weighted by molar-refractivity contribution is 6.00. The Labute approximate surface area is 455 Å². The Bertz CT molecular complexity index is 3190. The number of hydrogen-bond acceptors (Lipinski definition) is 15. The lowest BCUT2D eigenvalue weighted by Crippen LogP contribution is -2.39. The Kier molecular flexibility index (Phi) is 17.8. The average molecular weight is 1050 g/mol. The lowest BCUT2D eigenvalue weighted by atomic mass is 9.81. The van der Waals surface area contributed by atoms with E-state index in [1.54, 1.807) is 14.2 Å². The number of azo groups is 2. The molecule has 4 atom stereocenters. The number of ketones is 1. The molecule has 15 nitrogen and oxygen atoms in total. The summed E-state index contributed by atoms with van der Waals surface area (Å²) < 4.78 is 35.7. The third-order valence-electron chi connectivity index (χ3n) is 14.1. The fraction of sp³-hybridized carbons (Fsp3) is 0.317. The van der Waals surface area contributed by atoms with Crippen molar-refractivity contribution in [3.05, 3.63) is 168 Å². The van der Waals surface area contributed by atoms with E-state index in [-0.39, 0.29) is 31.1 Å². The first-order chi connectivity index (χ1) is 38.4. The van der Waals surface area contributed by atoms with Crippen LogP contribution in [0.1, 0.15) is 47.9 Å². The van der Waals surface area contributed by atoms with Crippen molar-refractivity contribution in [1.82, 2.24) is 20.6 Å². The second-order valence-corrected chi connectivity index (χ2v) is 19.3. The maximum atomic E-state index is 16.6. The molecule has 78 heavy (non-hydrogen) atoms. The molecule has 10 rings (SSSR count). The van der Waals surface area contributed by atoms with Gasteiger partial charge >= 0.3 is 0 Å². The SMILES string of the molecule is CCOc1cccc(-c2cc(C(CN=Nc3ccc(OC)c(CC4CNCCO4)c3)C(=O)C(CN=Nc3ccc(OC)c(CC4CNCCO4)c3)c3cc(-c4cccc(OCC)c4)nc4ccccc34)c3ccccc3n2)c1. The summed E-state index contributed by atoms with van der Waals surface area (Å²) >= 11 is 0. The van der Waals surface area contributed by atoms with Crippen LogP contribution in [-0.2, 0) is 27.1 Å². The molecule has 2 aliphatic rings. The quantitative estimate of drug-likeness (QED) is 0.0619. The van der Waals surface area contributed by atoms with Crippen LogP contribution in [0, 0.1) is 0 Å². The molecule has 15 heteroatoms. The highest BCUT2D eigenvalue weighted by atomic mass is 16.5. The zero-order valence-electron chi connectivity index (χ0n) is 44.7. The van der Waals surface area contributed by atoms with Crippen LogP contribution >= 0.6 is 0 Å². The van der Waals surface area contributed by atoms with E-state index in [0.29, 0.717) is 62.0 Å². The Morgan fingerprint density at radius 3 is 1.46 bits per heavy atom. The van der Waals surface area contributed by atoms with Gasteiger partial charge in [0.15, 0.2) is 5.78 Å². The summed E-state index contributed by atoms with van der Waals surface area (Å²) in [5.41, 5.74) is 9.19. The van der Waals surface area contributed by atoms with Gasteiger partial charge in [0, 0.05) is 60.9 Å². The number of para-hydroxylation sites is 2. The van der Waals surface area contributed by atoms with E-state index in [4.69, 9.17) is 58.8 Å². The molecule has 2 fully saturated rings. The number of methoxy groups -OCH3 is 2. The fourth-order valence-electron chi connectivity index (χ4n) is 10.4. The number of Topliss-reactive ketones (excluding diaryl/α,β-unsaturated/α-hetero) is 1. The van der Waals surface area contributed by atoms with Gasteiger partial charge in [-0.1, -0.05) is 60.7 Å². The highest BCUT2D eigenvalue weighted by Crippen LogP contribution is 2.39. The first-order valence-corrected chi connectivity index (χ1v) is 26.9. The number of carbonyl (C=O) groups excluding carboxylic acids is 1. The minimum absolute atomic E-state index is 0.00212. The Morgan fingerprint density at radius 2 is 1.04 bits per heavy atom. The molecule has 0 amide bonds. The second-order valence-electron chi connectivity index (χ2n) is 19.3. The van der Waals surface area contributed by atoms with E-state index in [1.807, 2.05) is 159 Å². The molecule has 4 unspecified atom stereocenters. The van der Waals surface area contributed by atoms with Gasteiger partial charge in [0.1, 0.15) is 23.0 Å². The number of pyridine rings is 2. The van der Waals surface area contributed by atoms with Gasteiger partial charge in [-0.3, -0.25) is 4.79 Å². The van der Waals surface area contributed by atoms with Crippen molar-refractivity contribution in [1.29, 1.82) is 0 Å². The predicted molar refractivity (Wildman–Crippen MR) is 305 cm³/mol. The van der Waals surface area contributed by atoms with Gasteiger partial charge in [-0.05, 0) is 121 Å². The zero-order valence-corrected chi connectivity index (χ0v) is 44.7. The average Bonchev–Trinajstić information content (AvgIpc) is 3.57. The first kappa shape index (κ1) is 53.4. The Hall–Kier alpha value is -7.95. The molecular weight excluding hydrogens is 981 g/mol. The van der Waals surface area contributed by atoms with E-state index in [2.05, 4.69) is 10.6 Å². The number of morpholine rings is 2. The molecule has 0 saturated carbocycles. The number of ether oxygens (including phenoxy) is 6. The summed E-state index contributed by atoms with van der Waals surface area (Å²) in [7, 11) is 3.33. The standard InChI is InChI=1S/C63H66N8O7/c1-5-75-47-15-11-13-41(31-47)59-35-53(51-17-7-9-19-57(51)68-59)55(39-66-70-45-21-23-61(73-3)43(29-45)33-49-37-64-25-27-77-49)63(72)56(40-67-71-46-22-24-62(74-4)44(30-46)34-50-38-65-26-28-78-50)54-36-60(69-58-20-10-8-18-52(54)58)42-14-12-16-48(32-42)76-6-2/h7-24,29-32,35-36,49-50,55-56,64-65H,5-6,25-28,33-34,37-40H2,1-4H3. The molecule has 2 aromatic heterocycles. The number of rotatable bonds is 22. The molecule has 0 bridgehead atoms. The van der Waals surface area contributed by atoms with Gasteiger partial charge in [0.2, 0.25) is 0 Å². The highest BCUT2D eigenvalue weighted by Gasteiger charge is 2.33. The largest absolute Gasteiger partial charge is 0.496 e. The predicted octanol–water partition coefficient (Wildman–Crippen LogP) is 12.0. The molecule has 400 valence electrons. The fourth-order valence-corrected chi connectivity index (χ4v) is 10.4. The van der Waals surface area contributed by atoms with E-state index < -0.39 is 11.8 Å². The molecule has 6 aromatic carbocycles. The first-order valence-electron chi connectivity index (χ1n) is 26.9. The molecule has 2 aliphatic heterocycles. The molecular formula is C63H66N8O7. The Morgan fingerprint density at radius 1 is 0.577 bits per heavy atom. The van der Waals surface area contributed by atoms with Gasteiger partial charge in [0.05, 0.1) is 112 Å². The van der Waals surface area contributed by atoms with Gasteiger partial charge in [-0.25, -0.2) is 9.97 Å². The number of carbonyl (C=O) groups is 1. The van der Waals surface area contributed by atoms with Crippen LogP contribution in [0.5, 0.6) is 23.0 Å². The van der Waals surface area contributed by atoms with Crippen molar-refractivity contribution in [2.45, 2.75) is 50.7 Å². The lowest BCUT2D eigenvalue weighted by Gasteiger charge is -2.24. The van der Waals surface area contributed by atoms with Crippen LogP contribution < -0.4 is 29.6 Å². The van der Waals surface area contributed by atoms with Crippen molar-refractivity contribution < 1.29 is 33.2 Å². The van der Waals surface area contributed by atoms with Gasteiger partial charge in [0.25, 0.3) is 0 Å². The number of aromatic nitrogens is 2. The lowest BCUT2D eigenvalue weighted by molar-refractivity contribution is -0.121. The molecule has 0 aliphatic carbocycles. The van der Waals surface area contributed by atoms with Crippen LogP contribution in [0.3, 0.4) is 0 Å². The van der Waals surface area contributed by atoms with Crippen molar-refractivity contribution in [3.8, 4) is 45.5 Å². The summed E-state index contributed by atoms with van der Waals surface area (Å²) in [6, 6.07) is 47.2. The molecule has 2 N–H and O–H groups in total. The van der Waals surface area contributed by atoms with Crippen LogP contribution in [0.25, 0.3) is 44.3 Å². The van der Waals surface area contributed by atoms with E-state index in [9.17, 15) is 0 Å². The third-order valence-corrected chi connectivity index (χ3v) is 14.1. The van der Waals surface area contributed by atoms with Crippen LogP contribution in [-0.4, -0.2) is 108 Å². The second kappa shape index (κ2) is 25.9. The third kappa shape index (κ3) is 12.9. The van der Waals surface area contributed by atoms with Crippen molar-refractivity contribution in [2.75, 3.05) is 79.9 Å². The summed E-state index contributed by atoms with van der Waals surface area (Å²) in [5, 5.41) is 28.0. The van der Waals surface area contributed by atoms with E-state index in [0.717, 1.165) is 104 Å². The van der Waals surface area contributed by atoms with E-state index >= 15 is 4.79 Å². The molecule has 0 radical (unpaired) electrons. The number of benzene rings is 6. The summed E-state index contributed by atoms with van der Waals surface area (Å²) in [6.45, 7) is 9.34. The number of fused-ring (bicyclic) bond motifs is 2. The van der Waals surface area contributed by atoms with E-state index in [1.165, 1.54) is 0 Å². The van der Waals surface area contributed by atoms with Gasteiger partial charge in [-0.2, -0.15) is 20.5 Å². The Balaban J connectivity index is 1.11. The normalized spacial score (nSPS) is 16.6. The van der Waals surface area contributed by atoms with Gasteiger partial charge < -0.3 is 39.1 Å². The van der Waals surface area contributed by atoms with Crippen molar-refractivity contribution in [3.63, 3.8) is 0 Å². The molecule has 8 aromatic rings. The number of nitrogens with zero attached hydrogens (tertiary/aromatic N) is 6. The zero-order chi connectivity index (χ0) is 53.6. The topological polar surface area (TPSA) is 172 Å². The number of nitrogens with one attached hydrogen (secondary N) is 2. The van der Waals surface area contributed by atoms with Crippen molar-refractivity contribution in [2.24, 2.45) is 20.5 Å². The molecule has 4 heterocycles. The molecule has 0 spiro atoms. The monoisotopic (exact) mass is 1050 g/mol. The maximum absolute atomic E-state index is 16.6. The van der Waals surface area contributed by atoms with Gasteiger partial charge in [-0.15, -0.1) is 0 Å². The van der Waals surface area contributed by atoms with Crippen molar-refractivity contribution >= 4 is 39.0 Å². The smallest absolute Gasteiger partial charge is 0.151 e. The van der Waals surface area contributed by atoms with Crippen LogP contribution in [0.4, 0.5) is 11.4 Å². The molecule has 2 saturated heterocycles.